The number of rotatable bonds is 16. The van der Waals surface area contributed by atoms with Crippen LogP contribution in [0.3, 0.4) is 0 Å². The van der Waals surface area contributed by atoms with Crippen molar-refractivity contribution in [2.45, 2.75) is 90.2 Å². The monoisotopic (exact) mass is 450 g/mol. The summed E-state index contributed by atoms with van der Waals surface area (Å²) in [6.07, 6.45) is 11.3. The average Bonchev–Trinajstić information content (AvgIpc) is 3.09. The number of aromatic nitrogens is 4. The lowest BCUT2D eigenvalue weighted by molar-refractivity contribution is 0.180. The van der Waals surface area contributed by atoms with Gasteiger partial charge in [0.25, 0.3) is 5.56 Å². The fourth-order valence-electron chi connectivity index (χ4n) is 4.04. The Morgan fingerprint density at radius 3 is 2.19 bits per heavy atom. The third-order valence-electron chi connectivity index (χ3n) is 6.03. The standard InChI is InChI=1S/C23H42N6O3/c1-18(30)14-10-13-17-29-21(31)19-20(28(3)23(29)32)26-22(27(19)2)25-16-12-9-7-5-4-6-8-11-15-24/h18,30H,4-17,24H2,1-3H3,(H,25,26). The van der Waals surface area contributed by atoms with Gasteiger partial charge in [-0.15, -0.1) is 0 Å². The van der Waals surface area contributed by atoms with Crippen molar-refractivity contribution in [3.05, 3.63) is 20.8 Å². The fourth-order valence-corrected chi connectivity index (χ4v) is 4.04. The lowest BCUT2D eigenvalue weighted by Crippen LogP contribution is -2.39. The molecular weight excluding hydrogens is 408 g/mol. The molecular formula is C23H42N6O3. The second kappa shape index (κ2) is 13.4. The molecule has 2 heterocycles. The van der Waals surface area contributed by atoms with E-state index in [0.717, 1.165) is 38.8 Å². The molecule has 0 aromatic carbocycles. The number of nitrogens with zero attached hydrogens (tertiary/aromatic N) is 4. The first-order chi connectivity index (χ1) is 15.4. The summed E-state index contributed by atoms with van der Waals surface area (Å²) in [5, 5.41) is 12.7. The smallest absolute Gasteiger partial charge is 0.332 e. The van der Waals surface area contributed by atoms with Crippen LogP contribution in [0.4, 0.5) is 5.95 Å². The van der Waals surface area contributed by atoms with Gasteiger partial charge < -0.3 is 20.7 Å². The molecule has 182 valence electrons. The van der Waals surface area contributed by atoms with Gasteiger partial charge in [-0.3, -0.25) is 13.9 Å². The Kier molecular flexibility index (Phi) is 11.0. The summed E-state index contributed by atoms with van der Waals surface area (Å²) in [6, 6.07) is 0. The van der Waals surface area contributed by atoms with Crippen LogP contribution in [0.2, 0.25) is 0 Å². The first kappa shape index (κ1) is 26.1. The van der Waals surface area contributed by atoms with Gasteiger partial charge in [-0.1, -0.05) is 38.5 Å². The summed E-state index contributed by atoms with van der Waals surface area (Å²) in [4.78, 5) is 30.2. The number of aryl methyl sites for hydroxylation is 2. The summed E-state index contributed by atoms with van der Waals surface area (Å²) in [5.41, 5.74) is 5.69. The summed E-state index contributed by atoms with van der Waals surface area (Å²) in [6.45, 7) is 3.66. The maximum Gasteiger partial charge on any atom is 0.332 e. The van der Waals surface area contributed by atoms with Crippen LogP contribution >= 0.6 is 0 Å². The van der Waals surface area contributed by atoms with E-state index in [1.54, 1.807) is 18.5 Å². The van der Waals surface area contributed by atoms with Crippen LogP contribution in [-0.2, 0) is 20.6 Å². The quantitative estimate of drug-likeness (QED) is 0.338. The molecule has 0 saturated carbocycles. The summed E-state index contributed by atoms with van der Waals surface area (Å²) in [5.74, 6) is 0.612. The van der Waals surface area contributed by atoms with E-state index in [2.05, 4.69) is 10.3 Å². The van der Waals surface area contributed by atoms with Crippen LogP contribution in [0.5, 0.6) is 0 Å². The molecule has 1 atom stereocenters. The van der Waals surface area contributed by atoms with Crippen LogP contribution in [0.25, 0.3) is 11.2 Å². The van der Waals surface area contributed by atoms with Crippen molar-refractivity contribution in [2.24, 2.45) is 19.8 Å². The molecule has 0 aliphatic rings. The minimum absolute atomic E-state index is 0.308. The van der Waals surface area contributed by atoms with Crippen LogP contribution in [0.1, 0.15) is 77.6 Å². The number of unbranched alkanes of at least 4 members (excludes halogenated alkanes) is 8. The Bertz CT molecular complexity index is 944. The van der Waals surface area contributed by atoms with Crippen molar-refractivity contribution in [2.75, 3.05) is 18.4 Å². The minimum atomic E-state index is -0.371. The van der Waals surface area contributed by atoms with Crippen LogP contribution in [-0.4, -0.2) is 43.0 Å². The molecule has 2 aromatic rings. The van der Waals surface area contributed by atoms with Crippen molar-refractivity contribution in [3.8, 4) is 0 Å². The van der Waals surface area contributed by atoms with Gasteiger partial charge in [-0.25, -0.2) is 4.79 Å². The van der Waals surface area contributed by atoms with Gasteiger partial charge in [0.2, 0.25) is 5.95 Å². The Morgan fingerprint density at radius 2 is 1.56 bits per heavy atom. The average molecular weight is 451 g/mol. The highest BCUT2D eigenvalue weighted by molar-refractivity contribution is 5.74. The Labute approximate surface area is 190 Å². The molecule has 0 fully saturated rings. The molecule has 0 spiro atoms. The topological polar surface area (TPSA) is 120 Å². The maximum atomic E-state index is 13.0. The summed E-state index contributed by atoms with van der Waals surface area (Å²) in [7, 11) is 3.46. The molecule has 0 aliphatic heterocycles. The molecule has 9 heteroatoms. The predicted octanol–water partition coefficient (Wildman–Crippen LogP) is 2.48. The molecule has 0 aliphatic carbocycles. The Balaban J connectivity index is 1.93. The molecule has 9 nitrogen and oxygen atoms in total. The predicted molar refractivity (Wildman–Crippen MR) is 130 cm³/mol. The third-order valence-corrected chi connectivity index (χ3v) is 6.03. The first-order valence-electron chi connectivity index (χ1n) is 12.2. The van der Waals surface area contributed by atoms with E-state index in [-0.39, 0.29) is 17.4 Å². The highest BCUT2D eigenvalue weighted by Gasteiger charge is 2.18. The Morgan fingerprint density at radius 1 is 0.938 bits per heavy atom. The number of imidazole rings is 1. The van der Waals surface area contributed by atoms with E-state index in [4.69, 9.17) is 5.73 Å². The van der Waals surface area contributed by atoms with E-state index in [0.29, 0.717) is 36.5 Å². The van der Waals surface area contributed by atoms with Crippen molar-refractivity contribution < 1.29 is 5.11 Å². The number of aliphatic hydroxyl groups is 1. The molecule has 0 radical (unpaired) electrons. The molecule has 0 amide bonds. The lowest BCUT2D eigenvalue weighted by Gasteiger charge is -2.09. The van der Waals surface area contributed by atoms with Crippen LogP contribution in [0, 0.1) is 0 Å². The third kappa shape index (κ3) is 7.20. The Hall–Kier alpha value is -2.13. The molecule has 1 unspecified atom stereocenters. The second-order valence-corrected chi connectivity index (χ2v) is 8.85. The van der Waals surface area contributed by atoms with Gasteiger partial charge >= 0.3 is 5.69 Å². The molecule has 2 aromatic heterocycles. The van der Waals surface area contributed by atoms with E-state index in [1.807, 2.05) is 7.05 Å². The number of hydrogen-bond acceptors (Lipinski definition) is 6. The number of anilines is 1. The molecule has 4 N–H and O–H groups in total. The first-order valence-corrected chi connectivity index (χ1v) is 12.2. The summed E-state index contributed by atoms with van der Waals surface area (Å²) < 4.78 is 4.48. The van der Waals surface area contributed by atoms with E-state index < -0.39 is 0 Å². The minimum Gasteiger partial charge on any atom is -0.393 e. The van der Waals surface area contributed by atoms with Crippen LogP contribution in [0.15, 0.2) is 9.59 Å². The molecule has 2 rings (SSSR count). The second-order valence-electron chi connectivity index (χ2n) is 8.85. The number of hydrogen-bond donors (Lipinski definition) is 3. The van der Waals surface area contributed by atoms with E-state index in [9.17, 15) is 14.7 Å². The molecule has 32 heavy (non-hydrogen) atoms. The zero-order valence-corrected chi connectivity index (χ0v) is 20.1. The van der Waals surface area contributed by atoms with E-state index >= 15 is 0 Å². The van der Waals surface area contributed by atoms with Crippen molar-refractivity contribution >= 4 is 17.1 Å². The molecule has 0 bridgehead atoms. The number of fused-ring (bicyclic) bond motifs is 1. The highest BCUT2D eigenvalue weighted by atomic mass is 16.3. The van der Waals surface area contributed by atoms with Gasteiger partial charge in [0, 0.05) is 27.2 Å². The summed E-state index contributed by atoms with van der Waals surface area (Å²) >= 11 is 0. The zero-order chi connectivity index (χ0) is 23.5. The largest absolute Gasteiger partial charge is 0.393 e. The van der Waals surface area contributed by atoms with Gasteiger partial charge in [-0.2, -0.15) is 4.98 Å². The molecule has 0 saturated heterocycles. The SMILES string of the molecule is CC(O)CCCCn1c(=O)c2c(nc(NCCCCCCCCCCN)n2C)n(C)c1=O. The zero-order valence-electron chi connectivity index (χ0n) is 20.1. The van der Waals surface area contributed by atoms with Gasteiger partial charge in [0.1, 0.15) is 0 Å². The number of nitrogens with one attached hydrogen (secondary N) is 1. The van der Waals surface area contributed by atoms with Crippen molar-refractivity contribution in [3.63, 3.8) is 0 Å². The van der Waals surface area contributed by atoms with Crippen molar-refractivity contribution in [1.29, 1.82) is 0 Å². The number of aliphatic hydroxyl groups excluding tert-OH is 1. The van der Waals surface area contributed by atoms with E-state index in [1.165, 1.54) is 41.2 Å². The van der Waals surface area contributed by atoms with Crippen LogP contribution < -0.4 is 22.3 Å². The lowest BCUT2D eigenvalue weighted by atomic mass is 10.1. The highest BCUT2D eigenvalue weighted by Crippen LogP contribution is 2.14. The number of nitrogens with two attached hydrogens (primary N) is 1. The van der Waals surface area contributed by atoms with Gasteiger partial charge in [0.15, 0.2) is 11.2 Å². The fraction of sp³-hybridized carbons (Fsp3) is 0.783. The van der Waals surface area contributed by atoms with Gasteiger partial charge in [-0.05, 0) is 45.6 Å². The van der Waals surface area contributed by atoms with Crippen molar-refractivity contribution in [1.82, 2.24) is 18.7 Å². The van der Waals surface area contributed by atoms with Gasteiger partial charge in [0.05, 0.1) is 6.10 Å². The normalized spacial score (nSPS) is 12.5. The maximum absolute atomic E-state index is 13.0.